The fraction of sp³-hybridized carbons (Fsp3) is 0.176. The van der Waals surface area contributed by atoms with Crippen LogP contribution >= 0.6 is 0 Å². The molecular formula is C17H18N4O4. The molecule has 0 fully saturated rings. The van der Waals surface area contributed by atoms with Gasteiger partial charge in [0.1, 0.15) is 0 Å². The van der Waals surface area contributed by atoms with E-state index in [4.69, 9.17) is 0 Å². The lowest BCUT2D eigenvalue weighted by atomic mass is 10.1. The summed E-state index contributed by atoms with van der Waals surface area (Å²) in [5.74, 6) is -1.13. The summed E-state index contributed by atoms with van der Waals surface area (Å²) in [5, 5.41) is 10.9. The molecule has 0 aliphatic carbocycles. The number of carbonyl (C=O) groups is 2. The quantitative estimate of drug-likeness (QED) is 0.653. The van der Waals surface area contributed by atoms with Crippen LogP contribution in [0.25, 0.3) is 0 Å². The first kappa shape index (κ1) is 17.9. The third-order valence-corrected chi connectivity index (χ3v) is 3.52. The Morgan fingerprint density at radius 3 is 2.16 bits per heavy atom. The van der Waals surface area contributed by atoms with E-state index in [9.17, 15) is 19.7 Å². The van der Waals surface area contributed by atoms with Gasteiger partial charge >= 0.3 is 0 Å². The summed E-state index contributed by atoms with van der Waals surface area (Å²) in [6, 6.07) is 10.8. The molecule has 0 saturated carbocycles. The Morgan fingerprint density at radius 2 is 1.60 bits per heavy atom. The fourth-order valence-electron chi connectivity index (χ4n) is 2.17. The van der Waals surface area contributed by atoms with Crippen molar-refractivity contribution in [3.05, 3.63) is 69.3 Å². The largest absolute Gasteiger partial charge is 0.377 e. The van der Waals surface area contributed by atoms with Gasteiger partial charge in [-0.1, -0.05) is 17.7 Å². The number of carbonyl (C=O) groups excluding carboxylic acids is 2. The number of nitrogens with one attached hydrogen (secondary N) is 2. The molecule has 8 heteroatoms. The Labute approximate surface area is 144 Å². The molecule has 0 atom stereocenters. The standard InChI is InChI=1S/C17H18N4O4/c1-11-4-6-12(7-5-11)16(22)18-19-17(23)14-10-13(21(24)25)8-9-15(14)20(2)3/h4-10H,1-3H3,(H,18,22)(H,19,23). The van der Waals surface area contributed by atoms with E-state index in [2.05, 4.69) is 10.9 Å². The summed E-state index contributed by atoms with van der Waals surface area (Å²) < 4.78 is 0. The van der Waals surface area contributed by atoms with Gasteiger partial charge in [0, 0.05) is 37.5 Å². The molecule has 2 N–H and O–H groups in total. The van der Waals surface area contributed by atoms with Crippen LogP contribution in [0.4, 0.5) is 11.4 Å². The minimum absolute atomic E-state index is 0.0865. The maximum absolute atomic E-state index is 12.4. The average Bonchev–Trinajstić information content (AvgIpc) is 2.59. The second kappa shape index (κ2) is 7.43. The SMILES string of the molecule is Cc1ccc(C(=O)NNC(=O)c2cc([N+](=O)[O-])ccc2N(C)C)cc1. The van der Waals surface area contributed by atoms with Crippen LogP contribution in [-0.4, -0.2) is 30.8 Å². The minimum Gasteiger partial charge on any atom is -0.377 e. The van der Waals surface area contributed by atoms with Gasteiger partial charge in [-0.2, -0.15) is 0 Å². The van der Waals surface area contributed by atoms with Crippen molar-refractivity contribution >= 4 is 23.2 Å². The summed E-state index contributed by atoms with van der Waals surface area (Å²) in [6.07, 6.45) is 0. The van der Waals surface area contributed by atoms with Gasteiger partial charge in [-0.15, -0.1) is 0 Å². The molecule has 0 unspecified atom stereocenters. The number of nitro benzene ring substituents is 1. The highest BCUT2D eigenvalue weighted by molar-refractivity contribution is 6.02. The molecule has 2 aromatic carbocycles. The van der Waals surface area contributed by atoms with Crippen LogP contribution < -0.4 is 15.8 Å². The van der Waals surface area contributed by atoms with E-state index < -0.39 is 16.7 Å². The van der Waals surface area contributed by atoms with Crippen molar-refractivity contribution in [3.63, 3.8) is 0 Å². The Kier molecular flexibility index (Phi) is 5.33. The van der Waals surface area contributed by atoms with Gasteiger partial charge < -0.3 is 4.90 Å². The number of aryl methyl sites for hydroxylation is 1. The Balaban J connectivity index is 2.16. The van der Waals surface area contributed by atoms with Crippen LogP contribution in [0.15, 0.2) is 42.5 Å². The van der Waals surface area contributed by atoms with E-state index in [1.807, 2.05) is 6.92 Å². The lowest BCUT2D eigenvalue weighted by Crippen LogP contribution is -2.42. The monoisotopic (exact) mass is 342 g/mol. The fourth-order valence-corrected chi connectivity index (χ4v) is 2.17. The topological polar surface area (TPSA) is 105 Å². The van der Waals surface area contributed by atoms with E-state index in [-0.39, 0.29) is 11.3 Å². The predicted octanol–water partition coefficient (Wildman–Crippen LogP) is 2.04. The third kappa shape index (κ3) is 4.31. The Hall–Kier alpha value is -3.42. The molecule has 0 saturated heterocycles. The van der Waals surface area contributed by atoms with Crippen LogP contribution in [0.1, 0.15) is 26.3 Å². The summed E-state index contributed by atoms with van der Waals surface area (Å²) in [6.45, 7) is 1.90. The molecule has 0 bridgehead atoms. The maximum Gasteiger partial charge on any atom is 0.272 e. The van der Waals surface area contributed by atoms with Crippen molar-refractivity contribution in [2.24, 2.45) is 0 Å². The first-order chi connectivity index (χ1) is 11.8. The molecule has 0 spiro atoms. The summed E-state index contributed by atoms with van der Waals surface area (Å²) in [5.41, 5.74) is 6.36. The van der Waals surface area contributed by atoms with Crippen molar-refractivity contribution in [2.45, 2.75) is 6.92 Å². The van der Waals surface area contributed by atoms with E-state index in [0.717, 1.165) is 5.56 Å². The molecular weight excluding hydrogens is 324 g/mol. The van der Waals surface area contributed by atoms with E-state index in [0.29, 0.717) is 11.3 Å². The number of anilines is 1. The number of nitrogens with zero attached hydrogens (tertiary/aromatic N) is 2. The number of amides is 2. The molecule has 0 heterocycles. The van der Waals surface area contributed by atoms with Gasteiger partial charge in [-0.05, 0) is 25.1 Å². The highest BCUT2D eigenvalue weighted by Gasteiger charge is 2.18. The van der Waals surface area contributed by atoms with Crippen molar-refractivity contribution in [3.8, 4) is 0 Å². The van der Waals surface area contributed by atoms with Crippen LogP contribution in [0.3, 0.4) is 0 Å². The molecule has 0 radical (unpaired) electrons. The van der Waals surface area contributed by atoms with E-state index in [1.165, 1.54) is 18.2 Å². The van der Waals surface area contributed by atoms with Crippen molar-refractivity contribution < 1.29 is 14.5 Å². The number of non-ortho nitro benzene ring substituents is 1. The summed E-state index contributed by atoms with van der Waals surface area (Å²) in [4.78, 5) is 36.4. The van der Waals surface area contributed by atoms with Gasteiger partial charge in [-0.3, -0.25) is 30.6 Å². The summed E-state index contributed by atoms with van der Waals surface area (Å²) >= 11 is 0. The van der Waals surface area contributed by atoms with Gasteiger partial charge in [0.15, 0.2) is 0 Å². The van der Waals surface area contributed by atoms with Crippen molar-refractivity contribution in [2.75, 3.05) is 19.0 Å². The van der Waals surface area contributed by atoms with Crippen molar-refractivity contribution in [1.82, 2.24) is 10.9 Å². The van der Waals surface area contributed by atoms with Crippen LogP contribution in [0.5, 0.6) is 0 Å². The van der Waals surface area contributed by atoms with E-state index in [1.54, 1.807) is 43.3 Å². The molecule has 0 aliphatic rings. The van der Waals surface area contributed by atoms with Crippen LogP contribution in [-0.2, 0) is 0 Å². The zero-order valence-corrected chi connectivity index (χ0v) is 14.1. The van der Waals surface area contributed by atoms with Crippen LogP contribution in [0.2, 0.25) is 0 Å². The Morgan fingerprint density at radius 1 is 1.00 bits per heavy atom. The van der Waals surface area contributed by atoms with Gasteiger partial charge in [-0.25, -0.2) is 0 Å². The third-order valence-electron chi connectivity index (χ3n) is 3.52. The molecule has 25 heavy (non-hydrogen) atoms. The highest BCUT2D eigenvalue weighted by atomic mass is 16.6. The molecule has 2 rings (SSSR count). The number of nitro groups is 1. The second-order valence-electron chi connectivity index (χ2n) is 5.63. The predicted molar refractivity (Wildman–Crippen MR) is 93.5 cm³/mol. The number of rotatable bonds is 4. The van der Waals surface area contributed by atoms with Gasteiger partial charge in [0.05, 0.1) is 10.5 Å². The molecule has 130 valence electrons. The maximum atomic E-state index is 12.4. The van der Waals surface area contributed by atoms with Gasteiger partial charge in [0.25, 0.3) is 17.5 Å². The lowest BCUT2D eigenvalue weighted by molar-refractivity contribution is -0.384. The lowest BCUT2D eigenvalue weighted by Gasteiger charge is -2.17. The zero-order chi connectivity index (χ0) is 18.6. The molecule has 8 nitrogen and oxygen atoms in total. The number of hydrogen-bond acceptors (Lipinski definition) is 5. The first-order valence-corrected chi connectivity index (χ1v) is 7.42. The molecule has 0 aliphatic heterocycles. The smallest absolute Gasteiger partial charge is 0.272 e. The van der Waals surface area contributed by atoms with E-state index >= 15 is 0 Å². The molecule has 0 aromatic heterocycles. The summed E-state index contributed by atoms with van der Waals surface area (Å²) in [7, 11) is 3.42. The van der Waals surface area contributed by atoms with Gasteiger partial charge in [0.2, 0.25) is 0 Å². The van der Waals surface area contributed by atoms with Crippen molar-refractivity contribution in [1.29, 1.82) is 0 Å². The molecule has 2 amide bonds. The minimum atomic E-state index is -0.645. The van der Waals surface area contributed by atoms with Crippen LogP contribution in [0, 0.1) is 17.0 Å². The normalized spacial score (nSPS) is 10.0. The first-order valence-electron chi connectivity index (χ1n) is 7.42. The zero-order valence-electron chi connectivity index (χ0n) is 14.1. The number of hydrogen-bond donors (Lipinski definition) is 2. The average molecular weight is 342 g/mol. The number of benzene rings is 2. The molecule has 2 aromatic rings. The second-order valence-corrected chi connectivity index (χ2v) is 5.63. The number of hydrazine groups is 1. The highest BCUT2D eigenvalue weighted by Crippen LogP contribution is 2.24. The Bertz CT molecular complexity index is 816.